The van der Waals surface area contributed by atoms with Crippen molar-refractivity contribution < 1.29 is 4.74 Å². The Morgan fingerprint density at radius 2 is 2.05 bits per heavy atom. The van der Waals surface area contributed by atoms with Crippen LogP contribution in [-0.2, 0) is 6.54 Å². The molecule has 3 nitrogen and oxygen atoms in total. The summed E-state index contributed by atoms with van der Waals surface area (Å²) < 4.78 is 5.40. The number of ether oxygens (including phenoxy) is 1. The summed E-state index contributed by atoms with van der Waals surface area (Å²) in [6.07, 6.45) is 3.84. The van der Waals surface area contributed by atoms with Crippen LogP contribution >= 0.6 is 0 Å². The monoisotopic (exact) mass is 296 g/mol. The predicted octanol–water partition coefficient (Wildman–Crippen LogP) is 4.12. The molecule has 0 bridgehead atoms. The second-order valence-corrected chi connectivity index (χ2v) is 5.79. The Morgan fingerprint density at radius 1 is 1.14 bits per heavy atom. The van der Waals surface area contributed by atoms with Gasteiger partial charge in [0.25, 0.3) is 0 Å². The standard InChI is InChI=1S/C19H24N2O/c1-22-19-11-3-2-7-16(19)14-21-17-9-6-8-15(13-17)18-10-4-5-12-20-18/h2-3,6-9,11,13,18,20-21H,4-5,10,12,14H2,1H3. The highest BCUT2D eigenvalue weighted by Gasteiger charge is 2.14. The first kappa shape index (κ1) is 14.9. The minimum absolute atomic E-state index is 0.502. The maximum Gasteiger partial charge on any atom is 0.123 e. The van der Waals surface area contributed by atoms with Gasteiger partial charge in [0.1, 0.15) is 5.75 Å². The molecule has 1 aliphatic rings. The number of para-hydroxylation sites is 1. The van der Waals surface area contributed by atoms with E-state index in [0.29, 0.717) is 6.04 Å². The van der Waals surface area contributed by atoms with Crippen LogP contribution in [0.5, 0.6) is 5.75 Å². The Morgan fingerprint density at radius 3 is 2.86 bits per heavy atom. The van der Waals surface area contributed by atoms with Gasteiger partial charge in [-0.05, 0) is 43.1 Å². The zero-order valence-electron chi connectivity index (χ0n) is 13.1. The van der Waals surface area contributed by atoms with Gasteiger partial charge in [-0.2, -0.15) is 0 Å². The van der Waals surface area contributed by atoms with Gasteiger partial charge in [-0.25, -0.2) is 0 Å². The van der Waals surface area contributed by atoms with Crippen LogP contribution in [-0.4, -0.2) is 13.7 Å². The van der Waals surface area contributed by atoms with E-state index in [2.05, 4.69) is 41.0 Å². The molecule has 0 saturated carbocycles. The zero-order chi connectivity index (χ0) is 15.2. The highest BCUT2D eigenvalue weighted by Crippen LogP contribution is 2.25. The van der Waals surface area contributed by atoms with Crippen LogP contribution in [0.3, 0.4) is 0 Å². The molecular formula is C19H24N2O. The van der Waals surface area contributed by atoms with E-state index in [1.54, 1.807) is 7.11 Å². The van der Waals surface area contributed by atoms with Crippen LogP contribution in [0.2, 0.25) is 0 Å². The number of piperidine rings is 1. The maximum atomic E-state index is 5.40. The van der Waals surface area contributed by atoms with E-state index in [4.69, 9.17) is 4.74 Å². The average molecular weight is 296 g/mol. The molecule has 22 heavy (non-hydrogen) atoms. The molecule has 1 saturated heterocycles. The van der Waals surface area contributed by atoms with Crippen LogP contribution < -0.4 is 15.4 Å². The van der Waals surface area contributed by atoms with Gasteiger partial charge >= 0.3 is 0 Å². The molecule has 1 aliphatic heterocycles. The zero-order valence-corrected chi connectivity index (χ0v) is 13.1. The minimum Gasteiger partial charge on any atom is -0.496 e. The second-order valence-electron chi connectivity index (χ2n) is 5.79. The quantitative estimate of drug-likeness (QED) is 0.870. The van der Waals surface area contributed by atoms with E-state index in [-0.39, 0.29) is 0 Å². The summed E-state index contributed by atoms with van der Waals surface area (Å²) in [5, 5.41) is 7.11. The highest BCUT2D eigenvalue weighted by molar-refractivity contribution is 5.48. The van der Waals surface area contributed by atoms with Crippen molar-refractivity contribution in [2.75, 3.05) is 19.0 Å². The first-order valence-electron chi connectivity index (χ1n) is 8.06. The summed E-state index contributed by atoms with van der Waals surface area (Å²) in [6, 6.07) is 17.4. The number of nitrogens with one attached hydrogen (secondary N) is 2. The normalized spacial score (nSPS) is 18.0. The number of methoxy groups -OCH3 is 1. The van der Waals surface area contributed by atoms with Gasteiger partial charge in [0.05, 0.1) is 7.11 Å². The summed E-state index contributed by atoms with van der Waals surface area (Å²) in [5.74, 6) is 0.931. The molecule has 2 aromatic carbocycles. The topological polar surface area (TPSA) is 33.3 Å². The molecule has 1 unspecified atom stereocenters. The molecule has 2 N–H and O–H groups in total. The SMILES string of the molecule is COc1ccccc1CNc1cccc(C2CCCCN2)c1. The lowest BCUT2D eigenvalue weighted by atomic mass is 9.97. The van der Waals surface area contributed by atoms with Gasteiger partial charge in [0, 0.05) is 23.8 Å². The lowest BCUT2D eigenvalue weighted by Gasteiger charge is -2.24. The second kappa shape index (κ2) is 7.32. The first-order chi connectivity index (χ1) is 10.9. The van der Waals surface area contributed by atoms with E-state index in [0.717, 1.165) is 24.5 Å². The summed E-state index contributed by atoms with van der Waals surface area (Å²) in [6.45, 7) is 1.90. The Balaban J connectivity index is 1.67. The van der Waals surface area contributed by atoms with Crippen molar-refractivity contribution in [2.24, 2.45) is 0 Å². The Kier molecular flexibility index (Phi) is 4.96. The molecule has 0 aromatic heterocycles. The summed E-state index contributed by atoms with van der Waals surface area (Å²) >= 11 is 0. The molecule has 1 fully saturated rings. The number of rotatable bonds is 5. The molecule has 1 atom stereocenters. The van der Waals surface area contributed by atoms with Crippen LogP contribution in [0.4, 0.5) is 5.69 Å². The Bertz CT molecular complexity index is 606. The number of hydrogen-bond acceptors (Lipinski definition) is 3. The van der Waals surface area contributed by atoms with Crippen molar-refractivity contribution in [1.82, 2.24) is 5.32 Å². The van der Waals surface area contributed by atoms with E-state index in [1.807, 2.05) is 18.2 Å². The van der Waals surface area contributed by atoms with E-state index < -0.39 is 0 Å². The Hall–Kier alpha value is -2.00. The number of hydrogen-bond donors (Lipinski definition) is 2. The van der Waals surface area contributed by atoms with Crippen molar-refractivity contribution in [1.29, 1.82) is 0 Å². The van der Waals surface area contributed by atoms with Crippen molar-refractivity contribution in [3.05, 3.63) is 59.7 Å². The van der Waals surface area contributed by atoms with Crippen molar-refractivity contribution >= 4 is 5.69 Å². The molecule has 0 amide bonds. The van der Waals surface area contributed by atoms with Gasteiger partial charge in [0.2, 0.25) is 0 Å². The number of benzene rings is 2. The van der Waals surface area contributed by atoms with Crippen molar-refractivity contribution in [3.8, 4) is 5.75 Å². The molecular weight excluding hydrogens is 272 g/mol. The van der Waals surface area contributed by atoms with Crippen LogP contribution in [0.1, 0.15) is 36.4 Å². The fraction of sp³-hybridized carbons (Fsp3) is 0.368. The lowest BCUT2D eigenvalue weighted by molar-refractivity contribution is 0.410. The smallest absolute Gasteiger partial charge is 0.123 e. The van der Waals surface area contributed by atoms with Gasteiger partial charge in [-0.1, -0.05) is 36.8 Å². The van der Waals surface area contributed by atoms with Gasteiger partial charge in [-0.15, -0.1) is 0 Å². The molecule has 0 aliphatic carbocycles. The third kappa shape index (κ3) is 3.60. The predicted molar refractivity (Wildman–Crippen MR) is 91.4 cm³/mol. The molecule has 2 aromatic rings. The van der Waals surface area contributed by atoms with E-state index in [9.17, 15) is 0 Å². The van der Waals surface area contributed by atoms with Crippen LogP contribution in [0.25, 0.3) is 0 Å². The fourth-order valence-electron chi connectivity index (χ4n) is 3.05. The Labute approximate surface area is 132 Å². The molecule has 3 rings (SSSR count). The van der Waals surface area contributed by atoms with Crippen molar-refractivity contribution in [3.63, 3.8) is 0 Å². The van der Waals surface area contributed by atoms with Crippen LogP contribution in [0, 0.1) is 0 Å². The lowest BCUT2D eigenvalue weighted by Crippen LogP contribution is -2.26. The highest BCUT2D eigenvalue weighted by atomic mass is 16.5. The van der Waals surface area contributed by atoms with Crippen molar-refractivity contribution in [2.45, 2.75) is 31.8 Å². The fourth-order valence-corrected chi connectivity index (χ4v) is 3.05. The van der Waals surface area contributed by atoms with Gasteiger partial charge in [-0.3, -0.25) is 0 Å². The maximum absolute atomic E-state index is 5.40. The molecule has 1 heterocycles. The minimum atomic E-state index is 0.502. The number of anilines is 1. The largest absolute Gasteiger partial charge is 0.496 e. The third-order valence-electron chi connectivity index (χ3n) is 4.27. The molecule has 0 spiro atoms. The molecule has 0 radical (unpaired) electrons. The molecule has 116 valence electrons. The third-order valence-corrected chi connectivity index (χ3v) is 4.27. The van der Waals surface area contributed by atoms with E-state index >= 15 is 0 Å². The molecule has 3 heteroatoms. The summed E-state index contributed by atoms with van der Waals surface area (Å²) in [4.78, 5) is 0. The van der Waals surface area contributed by atoms with Gasteiger partial charge < -0.3 is 15.4 Å². The average Bonchev–Trinajstić information content (AvgIpc) is 2.61. The van der Waals surface area contributed by atoms with Gasteiger partial charge in [0.15, 0.2) is 0 Å². The summed E-state index contributed by atoms with van der Waals surface area (Å²) in [7, 11) is 1.72. The van der Waals surface area contributed by atoms with E-state index in [1.165, 1.54) is 30.4 Å². The first-order valence-corrected chi connectivity index (χ1v) is 8.06. The summed E-state index contributed by atoms with van der Waals surface area (Å²) in [5.41, 5.74) is 3.71. The van der Waals surface area contributed by atoms with Crippen LogP contribution in [0.15, 0.2) is 48.5 Å².